The Labute approximate surface area is 198 Å². The van der Waals surface area contributed by atoms with Crippen molar-refractivity contribution < 1.29 is 17.6 Å². The van der Waals surface area contributed by atoms with Gasteiger partial charge in [-0.05, 0) is 67.8 Å². The van der Waals surface area contributed by atoms with Crippen molar-refractivity contribution in [3.63, 3.8) is 0 Å². The number of anilines is 1. The Hall–Kier alpha value is -3.53. The average Bonchev–Trinajstić information content (AvgIpc) is 3.10. The number of halogens is 1. The highest BCUT2D eigenvalue weighted by Crippen LogP contribution is 2.20. The number of rotatable bonds is 6. The monoisotopic (exact) mass is 483 g/mol. The van der Waals surface area contributed by atoms with Crippen LogP contribution in [0.15, 0.2) is 64.6 Å². The van der Waals surface area contributed by atoms with Crippen molar-refractivity contribution >= 4 is 27.5 Å². The molecule has 1 aromatic heterocycles. The molecule has 2 heterocycles. The first-order valence-corrected chi connectivity index (χ1v) is 12.7. The zero-order valence-corrected chi connectivity index (χ0v) is 19.6. The van der Waals surface area contributed by atoms with Crippen LogP contribution >= 0.6 is 0 Å². The summed E-state index contributed by atoms with van der Waals surface area (Å²) in [6.07, 6.45) is 5.51. The first kappa shape index (κ1) is 23.6. The van der Waals surface area contributed by atoms with E-state index in [1.807, 2.05) is 6.92 Å². The van der Waals surface area contributed by atoms with Gasteiger partial charge in [0, 0.05) is 18.7 Å². The molecule has 1 amide bonds. The van der Waals surface area contributed by atoms with Crippen LogP contribution in [0.3, 0.4) is 0 Å². The number of amidine groups is 1. The first-order chi connectivity index (χ1) is 16.4. The van der Waals surface area contributed by atoms with Gasteiger partial charge < -0.3 is 5.32 Å². The lowest BCUT2D eigenvalue weighted by molar-refractivity contribution is 0.102. The summed E-state index contributed by atoms with van der Waals surface area (Å²) in [5.74, 6) is -0.235. The van der Waals surface area contributed by atoms with E-state index < -0.39 is 10.0 Å². The normalized spacial score (nSPS) is 14.2. The van der Waals surface area contributed by atoms with E-state index in [-0.39, 0.29) is 16.6 Å². The van der Waals surface area contributed by atoms with Crippen molar-refractivity contribution in [3.8, 4) is 5.69 Å². The number of sulfonamides is 1. The summed E-state index contributed by atoms with van der Waals surface area (Å²) in [5, 5.41) is 7.08. The second-order valence-corrected chi connectivity index (χ2v) is 9.65. The Balaban J connectivity index is 1.48. The molecule has 1 aliphatic rings. The Kier molecular flexibility index (Phi) is 7.06. The van der Waals surface area contributed by atoms with E-state index in [4.69, 9.17) is 0 Å². The number of aromatic nitrogens is 2. The maximum Gasteiger partial charge on any atom is 0.262 e. The minimum atomic E-state index is -3.75. The van der Waals surface area contributed by atoms with E-state index in [0.29, 0.717) is 47.9 Å². The van der Waals surface area contributed by atoms with E-state index in [2.05, 4.69) is 20.1 Å². The van der Waals surface area contributed by atoms with E-state index in [9.17, 15) is 17.6 Å². The molecule has 4 rings (SSSR count). The number of carbonyl (C=O) groups is 1. The van der Waals surface area contributed by atoms with Gasteiger partial charge in [-0.1, -0.05) is 13.3 Å². The van der Waals surface area contributed by atoms with Crippen LogP contribution in [0.1, 0.15) is 48.7 Å². The Morgan fingerprint density at radius 1 is 1.06 bits per heavy atom. The van der Waals surface area contributed by atoms with Crippen LogP contribution < -0.4 is 10.0 Å². The van der Waals surface area contributed by atoms with Crippen molar-refractivity contribution in [1.82, 2.24) is 14.5 Å². The largest absolute Gasteiger partial charge is 0.322 e. The molecule has 3 aromatic rings. The number of carbonyl (C=O) groups excluding carboxylic acids is 1. The molecular weight excluding hydrogens is 457 g/mol. The summed E-state index contributed by atoms with van der Waals surface area (Å²) < 4.78 is 42.8. The molecule has 2 N–H and O–H groups in total. The Morgan fingerprint density at radius 2 is 1.79 bits per heavy atom. The molecule has 0 radical (unpaired) electrons. The summed E-state index contributed by atoms with van der Waals surface area (Å²) in [7, 11) is -3.75. The molecule has 0 spiro atoms. The molecule has 0 atom stereocenters. The highest BCUT2D eigenvalue weighted by atomic mass is 32.2. The molecule has 0 fully saturated rings. The predicted octanol–water partition coefficient (Wildman–Crippen LogP) is 4.08. The topological polar surface area (TPSA) is 105 Å². The lowest BCUT2D eigenvalue weighted by Crippen LogP contribution is -2.30. The van der Waals surface area contributed by atoms with Crippen LogP contribution in [0.2, 0.25) is 0 Å². The van der Waals surface area contributed by atoms with Gasteiger partial charge >= 0.3 is 0 Å². The standard InChI is InChI=1S/C24H26FN5O3S/c1-2-22-21(16-27-30(22)19-11-7-17(25)8-12-19)24(31)28-18-9-13-20(14-10-18)34(32,33)29-23-6-4-3-5-15-26-23/h7-14,16H,2-6,15H2,1H3,(H,26,29)(H,28,31). The average molecular weight is 484 g/mol. The number of amides is 1. The van der Waals surface area contributed by atoms with Crippen molar-refractivity contribution in [1.29, 1.82) is 0 Å². The van der Waals surface area contributed by atoms with Gasteiger partial charge in [0.1, 0.15) is 11.7 Å². The van der Waals surface area contributed by atoms with Crippen molar-refractivity contribution in [3.05, 3.63) is 71.8 Å². The number of nitrogens with one attached hydrogen (secondary N) is 2. The lowest BCUT2D eigenvalue weighted by atomic mass is 10.2. The molecule has 34 heavy (non-hydrogen) atoms. The van der Waals surface area contributed by atoms with E-state index >= 15 is 0 Å². The fourth-order valence-corrected chi connectivity index (χ4v) is 4.88. The van der Waals surface area contributed by atoms with Crippen LogP contribution in [-0.4, -0.2) is 36.5 Å². The molecule has 10 heteroatoms. The van der Waals surface area contributed by atoms with Gasteiger partial charge in [0.05, 0.1) is 28.0 Å². The quantitative estimate of drug-likeness (QED) is 0.551. The van der Waals surface area contributed by atoms with Crippen LogP contribution in [-0.2, 0) is 16.4 Å². The van der Waals surface area contributed by atoms with E-state index in [1.165, 1.54) is 42.6 Å². The molecule has 178 valence electrons. The van der Waals surface area contributed by atoms with Gasteiger partial charge in [0.15, 0.2) is 0 Å². The summed E-state index contributed by atoms with van der Waals surface area (Å²) in [5.41, 5.74) is 2.17. The number of hydrogen-bond donors (Lipinski definition) is 2. The number of nitrogens with zero attached hydrogens (tertiary/aromatic N) is 3. The fourth-order valence-electron chi connectivity index (χ4n) is 3.80. The maximum atomic E-state index is 13.3. The molecule has 0 unspecified atom stereocenters. The van der Waals surface area contributed by atoms with Crippen LogP contribution in [0.5, 0.6) is 0 Å². The van der Waals surface area contributed by atoms with Crippen LogP contribution in [0.4, 0.5) is 10.1 Å². The van der Waals surface area contributed by atoms with Gasteiger partial charge in [-0.2, -0.15) is 5.10 Å². The third-order valence-corrected chi connectivity index (χ3v) is 6.97. The van der Waals surface area contributed by atoms with Crippen molar-refractivity contribution in [2.24, 2.45) is 4.99 Å². The third-order valence-electron chi connectivity index (χ3n) is 5.57. The zero-order chi connectivity index (χ0) is 24.1. The molecule has 0 aliphatic carbocycles. The maximum absolute atomic E-state index is 13.3. The predicted molar refractivity (Wildman–Crippen MR) is 128 cm³/mol. The molecule has 0 saturated carbocycles. The smallest absolute Gasteiger partial charge is 0.262 e. The highest BCUT2D eigenvalue weighted by Gasteiger charge is 2.19. The summed E-state index contributed by atoms with van der Waals surface area (Å²) in [6.45, 7) is 2.53. The van der Waals surface area contributed by atoms with Gasteiger partial charge in [0.25, 0.3) is 15.9 Å². The second kappa shape index (κ2) is 10.2. The number of hydrogen-bond acceptors (Lipinski definition) is 5. The summed E-state index contributed by atoms with van der Waals surface area (Å²) in [6, 6.07) is 11.8. The summed E-state index contributed by atoms with van der Waals surface area (Å²) >= 11 is 0. The Bertz CT molecular complexity index is 1300. The van der Waals surface area contributed by atoms with E-state index in [0.717, 1.165) is 19.3 Å². The van der Waals surface area contributed by atoms with Gasteiger partial charge in [0.2, 0.25) is 0 Å². The third kappa shape index (κ3) is 5.33. The molecular formula is C24H26FN5O3S. The molecule has 1 aliphatic heterocycles. The van der Waals surface area contributed by atoms with Crippen LogP contribution in [0, 0.1) is 5.82 Å². The number of aliphatic imine (C=N–C) groups is 1. The van der Waals surface area contributed by atoms with Gasteiger partial charge in [-0.15, -0.1) is 0 Å². The number of benzene rings is 2. The van der Waals surface area contributed by atoms with Gasteiger partial charge in [-0.3, -0.25) is 14.5 Å². The van der Waals surface area contributed by atoms with Crippen molar-refractivity contribution in [2.45, 2.75) is 43.9 Å². The van der Waals surface area contributed by atoms with Crippen LogP contribution in [0.25, 0.3) is 5.69 Å². The zero-order valence-electron chi connectivity index (χ0n) is 18.8. The molecule has 2 aromatic carbocycles. The minimum absolute atomic E-state index is 0.0934. The fraction of sp³-hybridized carbons (Fsp3) is 0.292. The summed E-state index contributed by atoms with van der Waals surface area (Å²) in [4.78, 5) is 17.3. The minimum Gasteiger partial charge on any atom is -0.322 e. The molecule has 0 saturated heterocycles. The van der Waals surface area contributed by atoms with Crippen molar-refractivity contribution in [2.75, 3.05) is 11.9 Å². The lowest BCUT2D eigenvalue weighted by Gasteiger charge is -2.11. The molecule has 8 nitrogen and oxygen atoms in total. The van der Waals surface area contributed by atoms with Gasteiger partial charge in [-0.25, -0.2) is 17.5 Å². The molecule has 0 bridgehead atoms. The first-order valence-electron chi connectivity index (χ1n) is 11.2. The second-order valence-electron chi connectivity index (χ2n) is 7.97. The SMILES string of the molecule is CCc1c(C(=O)Nc2ccc(S(=O)(=O)NC3=NCCCCC3)cc2)cnn1-c1ccc(F)cc1. The Morgan fingerprint density at radius 3 is 2.50 bits per heavy atom. The highest BCUT2D eigenvalue weighted by molar-refractivity contribution is 7.90. The van der Waals surface area contributed by atoms with E-state index in [1.54, 1.807) is 16.8 Å².